The van der Waals surface area contributed by atoms with E-state index in [1.165, 1.54) is 39.3 Å². The van der Waals surface area contributed by atoms with E-state index in [2.05, 4.69) is 4.98 Å². The summed E-state index contributed by atoms with van der Waals surface area (Å²) in [5.74, 6) is -1.23. The van der Waals surface area contributed by atoms with Crippen molar-refractivity contribution in [2.75, 3.05) is 7.05 Å². The van der Waals surface area contributed by atoms with Crippen molar-refractivity contribution in [3.8, 4) is 0 Å². The van der Waals surface area contributed by atoms with E-state index < -0.39 is 5.97 Å². The summed E-state index contributed by atoms with van der Waals surface area (Å²) < 4.78 is 1.29. The van der Waals surface area contributed by atoms with E-state index in [1.54, 1.807) is 30.6 Å². The second-order valence-electron chi connectivity index (χ2n) is 5.57. The Morgan fingerprint density at radius 3 is 2.64 bits per heavy atom. The molecule has 8 heteroatoms. The quantitative estimate of drug-likeness (QED) is 0.752. The van der Waals surface area contributed by atoms with E-state index in [1.807, 2.05) is 0 Å². The van der Waals surface area contributed by atoms with Gasteiger partial charge in [0.2, 0.25) is 5.91 Å². The third kappa shape index (κ3) is 3.58. The Labute approximate surface area is 146 Å². The molecule has 1 amide bonds. The van der Waals surface area contributed by atoms with Crippen LogP contribution in [0.1, 0.15) is 15.9 Å². The van der Waals surface area contributed by atoms with Crippen molar-refractivity contribution in [2.45, 2.75) is 13.1 Å². The lowest BCUT2D eigenvalue weighted by molar-refractivity contribution is -0.131. The molecule has 0 atom stereocenters. The minimum atomic E-state index is -0.994. The smallest absolute Gasteiger partial charge is 0.335 e. The van der Waals surface area contributed by atoms with Crippen molar-refractivity contribution >= 4 is 33.4 Å². The van der Waals surface area contributed by atoms with Crippen LogP contribution in [0.3, 0.4) is 0 Å². The van der Waals surface area contributed by atoms with Crippen LogP contribution in [0.25, 0.3) is 10.2 Å². The minimum Gasteiger partial charge on any atom is -0.478 e. The number of rotatable bonds is 5. The third-order valence-electron chi connectivity index (χ3n) is 3.80. The topological polar surface area (TPSA) is 92.5 Å². The number of carbonyl (C=O) groups is 2. The van der Waals surface area contributed by atoms with E-state index in [9.17, 15) is 14.4 Å². The fourth-order valence-corrected chi connectivity index (χ4v) is 3.11. The first-order chi connectivity index (χ1) is 12.0. The van der Waals surface area contributed by atoms with Gasteiger partial charge >= 0.3 is 5.97 Å². The summed E-state index contributed by atoms with van der Waals surface area (Å²) >= 11 is 1.38. The average molecular weight is 357 g/mol. The second kappa shape index (κ2) is 6.86. The molecule has 0 bridgehead atoms. The van der Waals surface area contributed by atoms with Gasteiger partial charge in [0.05, 0.1) is 17.3 Å². The molecule has 0 aliphatic carbocycles. The molecular formula is C17H15N3O4S. The number of carboxylic acid groups (broad SMARTS) is 1. The van der Waals surface area contributed by atoms with Gasteiger partial charge in [-0.2, -0.15) is 0 Å². The highest BCUT2D eigenvalue weighted by atomic mass is 32.1. The van der Waals surface area contributed by atoms with Crippen LogP contribution in [0.5, 0.6) is 0 Å². The van der Waals surface area contributed by atoms with Gasteiger partial charge in [0.15, 0.2) is 0 Å². The number of aromatic carboxylic acids is 1. The second-order valence-corrected chi connectivity index (χ2v) is 6.46. The summed E-state index contributed by atoms with van der Waals surface area (Å²) in [5, 5.41) is 11.2. The molecule has 0 spiro atoms. The first-order valence-electron chi connectivity index (χ1n) is 7.44. The Hall–Kier alpha value is -3.00. The summed E-state index contributed by atoms with van der Waals surface area (Å²) in [6.45, 7) is 0.225. The maximum atomic E-state index is 12.4. The molecular weight excluding hydrogens is 342 g/mol. The average Bonchev–Trinajstić information content (AvgIpc) is 3.07. The van der Waals surface area contributed by atoms with Crippen LogP contribution in [-0.2, 0) is 17.9 Å². The number of aromatic nitrogens is 2. The monoisotopic (exact) mass is 357 g/mol. The first-order valence-corrected chi connectivity index (χ1v) is 8.32. The number of likely N-dealkylation sites (N-methyl/N-ethyl adjacent to an activating group) is 1. The highest BCUT2D eigenvalue weighted by molar-refractivity contribution is 7.16. The Morgan fingerprint density at radius 1 is 1.24 bits per heavy atom. The van der Waals surface area contributed by atoms with Crippen LogP contribution in [0.15, 0.2) is 46.8 Å². The molecule has 1 N–H and O–H groups in total. The summed E-state index contributed by atoms with van der Waals surface area (Å²) in [5.41, 5.74) is 0.762. The fourth-order valence-electron chi connectivity index (χ4n) is 2.39. The van der Waals surface area contributed by atoms with Crippen molar-refractivity contribution < 1.29 is 14.7 Å². The Kier molecular flexibility index (Phi) is 4.62. The summed E-state index contributed by atoms with van der Waals surface area (Å²) in [7, 11) is 1.63. The molecule has 1 aromatic carbocycles. The molecule has 0 aliphatic heterocycles. The van der Waals surface area contributed by atoms with Gasteiger partial charge in [-0.3, -0.25) is 14.2 Å². The predicted octanol–water partition coefficient (Wildman–Crippen LogP) is 1.81. The largest absolute Gasteiger partial charge is 0.478 e. The van der Waals surface area contributed by atoms with Crippen LogP contribution in [-0.4, -0.2) is 38.5 Å². The molecule has 2 aromatic heterocycles. The number of benzene rings is 1. The number of fused-ring (bicyclic) bond motifs is 1. The van der Waals surface area contributed by atoms with Crippen molar-refractivity contribution in [2.24, 2.45) is 0 Å². The van der Waals surface area contributed by atoms with Crippen LogP contribution in [0, 0.1) is 0 Å². The van der Waals surface area contributed by atoms with Gasteiger partial charge in [-0.1, -0.05) is 12.1 Å². The number of hydrogen-bond donors (Lipinski definition) is 1. The lowest BCUT2D eigenvalue weighted by Crippen LogP contribution is -2.33. The van der Waals surface area contributed by atoms with E-state index in [4.69, 9.17) is 5.11 Å². The molecule has 0 saturated heterocycles. The number of carbonyl (C=O) groups excluding carboxylic acids is 1. The van der Waals surface area contributed by atoms with Crippen molar-refractivity contribution in [1.29, 1.82) is 0 Å². The van der Waals surface area contributed by atoms with Crippen molar-refractivity contribution in [3.05, 3.63) is 63.5 Å². The molecule has 2 heterocycles. The van der Waals surface area contributed by atoms with Gasteiger partial charge in [-0.05, 0) is 29.1 Å². The molecule has 25 heavy (non-hydrogen) atoms. The predicted molar refractivity (Wildman–Crippen MR) is 93.8 cm³/mol. The number of carboxylic acids is 1. The number of hydrogen-bond acceptors (Lipinski definition) is 5. The first kappa shape index (κ1) is 16.8. The van der Waals surface area contributed by atoms with Gasteiger partial charge in [-0.15, -0.1) is 11.3 Å². The zero-order chi connectivity index (χ0) is 18.0. The van der Waals surface area contributed by atoms with Crippen LogP contribution in [0.2, 0.25) is 0 Å². The SMILES string of the molecule is CN(Cc1ccc(C(=O)O)cc1)C(=O)Cn1cnc2sccc2c1=O. The summed E-state index contributed by atoms with van der Waals surface area (Å²) in [6.07, 6.45) is 1.38. The minimum absolute atomic E-state index is 0.0959. The van der Waals surface area contributed by atoms with Gasteiger partial charge in [-0.25, -0.2) is 9.78 Å². The fraction of sp³-hybridized carbons (Fsp3) is 0.176. The number of nitrogens with zero attached hydrogens (tertiary/aromatic N) is 3. The molecule has 128 valence electrons. The molecule has 3 rings (SSSR count). The summed E-state index contributed by atoms with van der Waals surface area (Å²) in [4.78, 5) is 41.8. The highest BCUT2D eigenvalue weighted by Crippen LogP contribution is 2.13. The number of amides is 1. The normalized spacial score (nSPS) is 10.8. The molecule has 0 saturated carbocycles. The molecule has 0 radical (unpaired) electrons. The molecule has 0 aliphatic rings. The van der Waals surface area contributed by atoms with Gasteiger partial charge in [0.1, 0.15) is 11.4 Å². The van der Waals surface area contributed by atoms with E-state index in [0.717, 1.165) is 5.56 Å². The van der Waals surface area contributed by atoms with Crippen LogP contribution in [0.4, 0.5) is 0 Å². The van der Waals surface area contributed by atoms with E-state index in [0.29, 0.717) is 16.8 Å². The highest BCUT2D eigenvalue weighted by Gasteiger charge is 2.13. The molecule has 0 unspecified atom stereocenters. The lowest BCUT2D eigenvalue weighted by atomic mass is 10.1. The maximum Gasteiger partial charge on any atom is 0.335 e. The Balaban J connectivity index is 1.70. The van der Waals surface area contributed by atoms with Crippen molar-refractivity contribution in [3.63, 3.8) is 0 Å². The Morgan fingerprint density at radius 2 is 1.96 bits per heavy atom. The van der Waals surface area contributed by atoms with Gasteiger partial charge in [0.25, 0.3) is 5.56 Å². The zero-order valence-corrected chi connectivity index (χ0v) is 14.2. The lowest BCUT2D eigenvalue weighted by Gasteiger charge is -2.18. The number of thiophene rings is 1. The van der Waals surface area contributed by atoms with E-state index >= 15 is 0 Å². The van der Waals surface area contributed by atoms with Crippen molar-refractivity contribution in [1.82, 2.24) is 14.5 Å². The van der Waals surface area contributed by atoms with Gasteiger partial charge < -0.3 is 10.0 Å². The van der Waals surface area contributed by atoms with E-state index in [-0.39, 0.29) is 23.6 Å². The summed E-state index contributed by atoms with van der Waals surface area (Å²) in [6, 6.07) is 8.02. The molecule has 0 fully saturated rings. The van der Waals surface area contributed by atoms with Gasteiger partial charge in [0, 0.05) is 13.6 Å². The Bertz CT molecular complexity index is 991. The van der Waals surface area contributed by atoms with Crippen LogP contribution < -0.4 is 5.56 Å². The van der Waals surface area contributed by atoms with Crippen LogP contribution >= 0.6 is 11.3 Å². The third-order valence-corrected chi connectivity index (χ3v) is 4.62. The maximum absolute atomic E-state index is 12.4. The molecule has 3 aromatic rings. The zero-order valence-electron chi connectivity index (χ0n) is 13.4. The standard InChI is InChI=1S/C17H15N3O4S/c1-19(8-11-2-4-12(5-3-11)17(23)24)14(21)9-20-10-18-15-13(16(20)22)6-7-25-15/h2-7,10H,8-9H2,1H3,(H,23,24). The molecule has 7 nitrogen and oxygen atoms in total.